The van der Waals surface area contributed by atoms with Crippen LogP contribution < -0.4 is 0 Å². The minimum absolute atomic E-state index is 0.254. The fraction of sp³-hybridized carbons (Fsp3) is 0.188. The molecule has 0 amide bonds. The number of benzene rings is 2. The van der Waals surface area contributed by atoms with Gasteiger partial charge in [-0.2, -0.15) is 0 Å². The molecule has 0 saturated heterocycles. The summed E-state index contributed by atoms with van der Waals surface area (Å²) in [5, 5.41) is 2.01. The Morgan fingerprint density at radius 2 is 1.95 bits per heavy atom. The zero-order valence-electron chi connectivity index (χ0n) is 11.0. The van der Waals surface area contributed by atoms with Crippen LogP contribution in [-0.4, -0.2) is 17.6 Å². The zero-order valence-corrected chi connectivity index (χ0v) is 11.0. The van der Waals surface area contributed by atoms with Gasteiger partial charge in [0.1, 0.15) is 0 Å². The Labute approximate surface area is 111 Å². The highest BCUT2D eigenvalue weighted by Crippen LogP contribution is 2.30. The van der Waals surface area contributed by atoms with Crippen LogP contribution in [0.25, 0.3) is 21.8 Å². The first-order valence-corrected chi connectivity index (χ1v) is 6.39. The number of hydrogen-bond donors (Lipinski definition) is 1. The van der Waals surface area contributed by atoms with Gasteiger partial charge < -0.3 is 9.72 Å². The van der Waals surface area contributed by atoms with Crippen LogP contribution in [0.5, 0.6) is 0 Å². The standard InChI is InChI=1S/C16H15NO2/c1-3-19-16(18)14-10(2)8-9-13-15(14)11-6-4-5-7-12(11)17-13/h4-9,17H,3H2,1-2H3. The third-order valence-electron chi connectivity index (χ3n) is 3.36. The molecule has 0 aliphatic heterocycles. The molecule has 1 aromatic heterocycles. The Bertz CT molecular complexity index is 771. The smallest absolute Gasteiger partial charge is 0.339 e. The second-order valence-corrected chi connectivity index (χ2v) is 4.57. The maximum atomic E-state index is 12.2. The lowest BCUT2D eigenvalue weighted by Crippen LogP contribution is -2.07. The number of aromatic nitrogens is 1. The van der Waals surface area contributed by atoms with E-state index in [4.69, 9.17) is 4.74 Å². The summed E-state index contributed by atoms with van der Waals surface area (Å²) in [5.74, 6) is -0.254. The van der Waals surface area contributed by atoms with Crippen LogP contribution in [0.15, 0.2) is 36.4 Å². The molecule has 0 atom stereocenters. The van der Waals surface area contributed by atoms with Crippen LogP contribution >= 0.6 is 0 Å². The van der Waals surface area contributed by atoms with E-state index < -0.39 is 0 Å². The number of rotatable bonds is 2. The van der Waals surface area contributed by atoms with Gasteiger partial charge in [0.15, 0.2) is 0 Å². The van der Waals surface area contributed by atoms with E-state index in [0.29, 0.717) is 12.2 Å². The van der Waals surface area contributed by atoms with Crippen molar-refractivity contribution >= 4 is 27.8 Å². The van der Waals surface area contributed by atoms with Gasteiger partial charge in [0.2, 0.25) is 0 Å². The Morgan fingerprint density at radius 1 is 1.16 bits per heavy atom. The maximum absolute atomic E-state index is 12.2. The van der Waals surface area contributed by atoms with E-state index in [0.717, 1.165) is 27.4 Å². The third kappa shape index (κ3) is 1.78. The lowest BCUT2D eigenvalue weighted by molar-refractivity contribution is 0.0528. The predicted octanol–water partition coefficient (Wildman–Crippen LogP) is 3.81. The van der Waals surface area contributed by atoms with Gasteiger partial charge in [-0.25, -0.2) is 4.79 Å². The van der Waals surface area contributed by atoms with E-state index in [1.54, 1.807) is 0 Å². The normalized spacial score (nSPS) is 11.1. The number of H-pyrrole nitrogens is 1. The number of ether oxygens (including phenoxy) is 1. The number of esters is 1. The molecule has 3 nitrogen and oxygen atoms in total. The van der Waals surface area contributed by atoms with Gasteiger partial charge in [0.05, 0.1) is 12.2 Å². The van der Waals surface area contributed by atoms with Crippen molar-refractivity contribution in [2.75, 3.05) is 6.61 Å². The van der Waals surface area contributed by atoms with Crippen molar-refractivity contribution in [3.8, 4) is 0 Å². The molecular weight excluding hydrogens is 238 g/mol. The van der Waals surface area contributed by atoms with E-state index in [2.05, 4.69) is 4.98 Å². The summed E-state index contributed by atoms with van der Waals surface area (Å²) < 4.78 is 5.18. The number of hydrogen-bond acceptors (Lipinski definition) is 2. The molecule has 0 radical (unpaired) electrons. The van der Waals surface area contributed by atoms with Crippen LogP contribution in [-0.2, 0) is 4.74 Å². The molecular formula is C16H15NO2. The van der Waals surface area contributed by atoms with Gasteiger partial charge in [-0.05, 0) is 31.5 Å². The largest absolute Gasteiger partial charge is 0.462 e. The van der Waals surface area contributed by atoms with E-state index in [1.165, 1.54) is 0 Å². The van der Waals surface area contributed by atoms with Crippen LogP contribution in [0.1, 0.15) is 22.8 Å². The van der Waals surface area contributed by atoms with Gasteiger partial charge in [-0.3, -0.25) is 0 Å². The van der Waals surface area contributed by atoms with Gasteiger partial charge in [-0.1, -0.05) is 24.3 Å². The molecule has 0 bridgehead atoms. The Kier molecular flexibility index (Phi) is 2.75. The third-order valence-corrected chi connectivity index (χ3v) is 3.36. The molecule has 2 aromatic carbocycles. The van der Waals surface area contributed by atoms with Crippen molar-refractivity contribution in [2.24, 2.45) is 0 Å². The minimum Gasteiger partial charge on any atom is -0.462 e. The summed E-state index contributed by atoms with van der Waals surface area (Å²) in [7, 11) is 0. The number of aromatic amines is 1. The summed E-state index contributed by atoms with van der Waals surface area (Å²) in [6, 6.07) is 12.0. The summed E-state index contributed by atoms with van der Waals surface area (Å²) in [5.41, 5.74) is 3.61. The highest BCUT2D eigenvalue weighted by molar-refractivity contribution is 6.17. The summed E-state index contributed by atoms with van der Waals surface area (Å²) in [6.07, 6.45) is 0. The Balaban J connectivity index is 2.41. The number of fused-ring (bicyclic) bond motifs is 3. The van der Waals surface area contributed by atoms with E-state index in [9.17, 15) is 4.79 Å². The van der Waals surface area contributed by atoms with Crippen molar-refractivity contribution in [1.29, 1.82) is 0 Å². The van der Waals surface area contributed by atoms with Crippen LogP contribution in [0.2, 0.25) is 0 Å². The maximum Gasteiger partial charge on any atom is 0.339 e. The lowest BCUT2D eigenvalue weighted by atomic mass is 10.0. The molecule has 19 heavy (non-hydrogen) atoms. The Hall–Kier alpha value is -2.29. The van der Waals surface area contributed by atoms with Crippen molar-refractivity contribution in [1.82, 2.24) is 4.98 Å². The zero-order chi connectivity index (χ0) is 13.4. The first-order valence-electron chi connectivity index (χ1n) is 6.39. The lowest BCUT2D eigenvalue weighted by Gasteiger charge is -2.07. The number of carbonyl (C=O) groups excluding carboxylic acids is 1. The second kappa shape index (κ2) is 4.43. The van der Waals surface area contributed by atoms with Gasteiger partial charge in [-0.15, -0.1) is 0 Å². The van der Waals surface area contributed by atoms with Crippen molar-refractivity contribution in [3.05, 3.63) is 47.5 Å². The summed E-state index contributed by atoms with van der Waals surface area (Å²) in [4.78, 5) is 15.5. The summed E-state index contributed by atoms with van der Waals surface area (Å²) >= 11 is 0. The van der Waals surface area contributed by atoms with Crippen LogP contribution in [0, 0.1) is 6.92 Å². The van der Waals surface area contributed by atoms with Crippen molar-refractivity contribution < 1.29 is 9.53 Å². The molecule has 3 aromatic rings. The molecule has 0 aliphatic rings. The molecule has 0 spiro atoms. The summed E-state index contributed by atoms with van der Waals surface area (Å²) in [6.45, 7) is 4.15. The Morgan fingerprint density at radius 3 is 2.74 bits per heavy atom. The highest BCUT2D eigenvalue weighted by Gasteiger charge is 2.17. The molecule has 0 fully saturated rings. The first kappa shape index (κ1) is 11.8. The molecule has 1 heterocycles. The first-order chi connectivity index (χ1) is 9.22. The number of aryl methyl sites for hydroxylation is 1. The molecule has 3 rings (SSSR count). The quantitative estimate of drug-likeness (QED) is 0.706. The molecule has 0 saturated carbocycles. The van der Waals surface area contributed by atoms with Gasteiger partial charge in [0.25, 0.3) is 0 Å². The van der Waals surface area contributed by atoms with Gasteiger partial charge >= 0.3 is 5.97 Å². The predicted molar refractivity (Wildman–Crippen MR) is 76.5 cm³/mol. The van der Waals surface area contributed by atoms with Crippen molar-refractivity contribution in [3.63, 3.8) is 0 Å². The topological polar surface area (TPSA) is 42.1 Å². The average molecular weight is 253 g/mol. The molecule has 1 N–H and O–H groups in total. The van der Waals surface area contributed by atoms with E-state index in [1.807, 2.05) is 50.2 Å². The SMILES string of the molecule is CCOC(=O)c1c(C)ccc2[nH]c3ccccc3c12. The van der Waals surface area contributed by atoms with Gasteiger partial charge in [0, 0.05) is 21.8 Å². The average Bonchev–Trinajstić information content (AvgIpc) is 2.77. The minimum atomic E-state index is -0.254. The number of carbonyl (C=O) groups is 1. The fourth-order valence-electron chi connectivity index (χ4n) is 2.51. The van der Waals surface area contributed by atoms with Crippen LogP contribution in [0.4, 0.5) is 0 Å². The molecule has 0 unspecified atom stereocenters. The number of para-hydroxylation sites is 1. The fourth-order valence-corrected chi connectivity index (χ4v) is 2.51. The highest BCUT2D eigenvalue weighted by atomic mass is 16.5. The van der Waals surface area contributed by atoms with Crippen molar-refractivity contribution in [2.45, 2.75) is 13.8 Å². The second-order valence-electron chi connectivity index (χ2n) is 4.57. The molecule has 3 heteroatoms. The molecule has 96 valence electrons. The molecule has 0 aliphatic carbocycles. The van der Waals surface area contributed by atoms with E-state index in [-0.39, 0.29) is 5.97 Å². The van der Waals surface area contributed by atoms with Crippen LogP contribution in [0.3, 0.4) is 0 Å². The number of nitrogens with one attached hydrogen (secondary N) is 1. The van der Waals surface area contributed by atoms with E-state index >= 15 is 0 Å². The monoisotopic (exact) mass is 253 g/mol.